The second-order valence-corrected chi connectivity index (χ2v) is 7.39. The van der Waals surface area contributed by atoms with Gasteiger partial charge in [-0.1, -0.05) is 35.5 Å². The van der Waals surface area contributed by atoms with Crippen LogP contribution in [0.5, 0.6) is 0 Å². The second kappa shape index (κ2) is 7.44. The maximum absolute atomic E-state index is 13.1. The number of nitrogens with zero attached hydrogens (tertiary/aromatic N) is 2. The summed E-state index contributed by atoms with van der Waals surface area (Å²) in [5, 5.41) is 6.03. The number of sulfone groups is 1. The number of nitrogens with one attached hydrogen (secondary N) is 1. The first-order valence-corrected chi connectivity index (χ1v) is 9.22. The van der Waals surface area contributed by atoms with E-state index in [0.717, 1.165) is 0 Å². The molecule has 0 aliphatic heterocycles. The fraction of sp³-hybridized carbons (Fsp3) is 0.118. The molecule has 0 fully saturated rings. The fourth-order valence-electron chi connectivity index (χ4n) is 2.19. The zero-order valence-corrected chi connectivity index (χ0v) is 14.2. The van der Waals surface area contributed by atoms with E-state index in [2.05, 4.69) is 15.5 Å². The van der Waals surface area contributed by atoms with Gasteiger partial charge in [-0.05, 0) is 29.8 Å². The van der Waals surface area contributed by atoms with Gasteiger partial charge in [-0.3, -0.25) is 4.79 Å². The van der Waals surface area contributed by atoms with Crippen LogP contribution in [0.3, 0.4) is 0 Å². The SMILES string of the molecule is O=C(NCc1cccc(F)c1)c1nc(CS(=O)(=O)c2ccccc2)no1. The van der Waals surface area contributed by atoms with Crippen molar-refractivity contribution in [3.63, 3.8) is 0 Å². The van der Waals surface area contributed by atoms with Crippen molar-refractivity contribution >= 4 is 15.7 Å². The van der Waals surface area contributed by atoms with Gasteiger partial charge >= 0.3 is 11.8 Å². The minimum Gasteiger partial charge on any atom is -0.344 e. The van der Waals surface area contributed by atoms with Crippen LogP contribution in [0.4, 0.5) is 4.39 Å². The van der Waals surface area contributed by atoms with Crippen LogP contribution in [0.2, 0.25) is 0 Å². The number of halogens is 1. The van der Waals surface area contributed by atoms with Gasteiger partial charge in [0.1, 0.15) is 11.6 Å². The van der Waals surface area contributed by atoms with Gasteiger partial charge in [0.25, 0.3) is 0 Å². The van der Waals surface area contributed by atoms with E-state index in [1.165, 1.54) is 30.3 Å². The Kier molecular flexibility index (Phi) is 5.08. The van der Waals surface area contributed by atoms with E-state index in [9.17, 15) is 17.6 Å². The normalized spacial score (nSPS) is 11.3. The van der Waals surface area contributed by atoms with Crippen molar-refractivity contribution in [1.82, 2.24) is 15.5 Å². The molecule has 26 heavy (non-hydrogen) atoms. The van der Waals surface area contributed by atoms with E-state index in [1.807, 2.05) is 0 Å². The predicted molar refractivity (Wildman–Crippen MR) is 89.2 cm³/mol. The molecule has 0 aliphatic rings. The van der Waals surface area contributed by atoms with Crippen LogP contribution in [0.1, 0.15) is 22.1 Å². The highest BCUT2D eigenvalue weighted by molar-refractivity contribution is 7.90. The highest BCUT2D eigenvalue weighted by Gasteiger charge is 2.21. The number of aromatic nitrogens is 2. The molecule has 0 aliphatic carbocycles. The van der Waals surface area contributed by atoms with Crippen LogP contribution >= 0.6 is 0 Å². The number of amides is 1. The van der Waals surface area contributed by atoms with Crippen molar-refractivity contribution < 1.29 is 22.1 Å². The molecule has 0 atom stereocenters. The quantitative estimate of drug-likeness (QED) is 0.708. The molecule has 7 nitrogen and oxygen atoms in total. The third kappa shape index (κ3) is 4.31. The van der Waals surface area contributed by atoms with Gasteiger partial charge in [0.05, 0.1) is 4.90 Å². The fourth-order valence-corrected chi connectivity index (χ4v) is 3.39. The molecule has 0 radical (unpaired) electrons. The number of rotatable bonds is 6. The van der Waals surface area contributed by atoms with E-state index in [4.69, 9.17) is 4.52 Å². The number of benzene rings is 2. The van der Waals surface area contributed by atoms with Crippen molar-refractivity contribution in [3.05, 3.63) is 77.7 Å². The maximum Gasteiger partial charge on any atom is 0.315 e. The first-order valence-electron chi connectivity index (χ1n) is 7.57. The van der Waals surface area contributed by atoms with E-state index >= 15 is 0 Å². The summed E-state index contributed by atoms with van der Waals surface area (Å²) in [6, 6.07) is 13.6. The van der Waals surface area contributed by atoms with Crippen molar-refractivity contribution in [1.29, 1.82) is 0 Å². The Morgan fingerprint density at radius 1 is 1.12 bits per heavy atom. The first-order chi connectivity index (χ1) is 12.4. The van der Waals surface area contributed by atoms with Gasteiger partial charge in [0, 0.05) is 6.54 Å². The lowest BCUT2D eigenvalue weighted by molar-refractivity contribution is 0.0907. The van der Waals surface area contributed by atoms with Crippen molar-refractivity contribution in [2.24, 2.45) is 0 Å². The molecule has 1 amide bonds. The van der Waals surface area contributed by atoms with Gasteiger partial charge in [-0.25, -0.2) is 12.8 Å². The molecule has 0 unspecified atom stereocenters. The minimum atomic E-state index is -3.64. The summed E-state index contributed by atoms with van der Waals surface area (Å²) in [7, 11) is -3.64. The van der Waals surface area contributed by atoms with Gasteiger partial charge in [-0.15, -0.1) is 0 Å². The molecule has 0 bridgehead atoms. The standard InChI is InChI=1S/C17H14FN3O4S/c18-13-6-4-5-12(9-13)10-19-16(22)17-20-15(21-25-17)11-26(23,24)14-7-2-1-3-8-14/h1-9H,10-11H2,(H,19,22). The monoisotopic (exact) mass is 375 g/mol. The molecular formula is C17H14FN3O4S. The Bertz CT molecular complexity index is 1020. The third-order valence-corrected chi connectivity index (χ3v) is 5.05. The molecule has 1 N–H and O–H groups in total. The zero-order valence-electron chi connectivity index (χ0n) is 13.4. The molecule has 0 spiro atoms. The molecule has 9 heteroatoms. The third-order valence-electron chi connectivity index (χ3n) is 3.43. The number of hydrogen-bond acceptors (Lipinski definition) is 6. The van der Waals surface area contributed by atoms with Crippen LogP contribution < -0.4 is 5.32 Å². The zero-order chi connectivity index (χ0) is 18.6. The van der Waals surface area contributed by atoms with E-state index in [-0.39, 0.29) is 23.2 Å². The summed E-state index contributed by atoms with van der Waals surface area (Å²) in [4.78, 5) is 15.9. The molecule has 134 valence electrons. The highest BCUT2D eigenvalue weighted by Crippen LogP contribution is 2.14. The van der Waals surface area contributed by atoms with Crippen LogP contribution in [-0.4, -0.2) is 24.5 Å². The Hall–Kier alpha value is -3.07. The smallest absolute Gasteiger partial charge is 0.315 e. The number of carbonyl (C=O) groups excluding carboxylic acids is 1. The molecule has 1 aromatic heterocycles. The molecule has 0 saturated heterocycles. The summed E-state index contributed by atoms with van der Waals surface area (Å²) in [5.41, 5.74) is 0.560. The lowest BCUT2D eigenvalue weighted by Crippen LogP contribution is -2.23. The van der Waals surface area contributed by atoms with Crippen LogP contribution in [-0.2, 0) is 22.1 Å². The summed E-state index contributed by atoms with van der Waals surface area (Å²) >= 11 is 0. The Morgan fingerprint density at radius 3 is 2.62 bits per heavy atom. The largest absolute Gasteiger partial charge is 0.344 e. The molecule has 3 rings (SSSR count). The topological polar surface area (TPSA) is 102 Å². The van der Waals surface area contributed by atoms with Crippen molar-refractivity contribution in [2.75, 3.05) is 0 Å². The lowest BCUT2D eigenvalue weighted by Gasteiger charge is -2.02. The second-order valence-electron chi connectivity index (χ2n) is 5.40. The molecule has 1 heterocycles. The summed E-state index contributed by atoms with van der Waals surface area (Å²) in [6.45, 7) is 0.0661. The number of carbonyl (C=O) groups is 1. The van der Waals surface area contributed by atoms with Crippen molar-refractivity contribution in [2.45, 2.75) is 17.2 Å². The van der Waals surface area contributed by atoms with Crippen LogP contribution in [0.25, 0.3) is 0 Å². The summed E-state index contributed by atoms with van der Waals surface area (Å²) < 4.78 is 42.4. The van der Waals surface area contributed by atoms with Gasteiger partial charge in [0.2, 0.25) is 0 Å². The molecule has 3 aromatic rings. The first kappa shape index (κ1) is 17.7. The van der Waals surface area contributed by atoms with E-state index in [1.54, 1.807) is 24.3 Å². The van der Waals surface area contributed by atoms with Crippen LogP contribution in [0.15, 0.2) is 64.0 Å². The van der Waals surface area contributed by atoms with Crippen molar-refractivity contribution in [3.8, 4) is 0 Å². The molecule has 2 aromatic carbocycles. The minimum absolute atomic E-state index is 0.0661. The average Bonchev–Trinajstić information content (AvgIpc) is 3.08. The Labute approximate surface area is 148 Å². The Balaban J connectivity index is 1.65. The van der Waals surface area contributed by atoms with E-state index < -0.39 is 27.3 Å². The number of hydrogen-bond donors (Lipinski definition) is 1. The molecular weight excluding hydrogens is 361 g/mol. The highest BCUT2D eigenvalue weighted by atomic mass is 32.2. The summed E-state index contributed by atoms with van der Waals surface area (Å²) in [5.74, 6) is -2.06. The van der Waals surface area contributed by atoms with Crippen LogP contribution in [0, 0.1) is 5.82 Å². The summed E-state index contributed by atoms with van der Waals surface area (Å²) in [6.07, 6.45) is 0. The van der Waals surface area contributed by atoms with Gasteiger partial charge in [0.15, 0.2) is 15.7 Å². The Morgan fingerprint density at radius 2 is 1.88 bits per heavy atom. The van der Waals surface area contributed by atoms with E-state index in [0.29, 0.717) is 5.56 Å². The van der Waals surface area contributed by atoms with Gasteiger partial charge in [-0.2, -0.15) is 4.98 Å². The predicted octanol–water partition coefficient (Wildman–Crippen LogP) is 2.11. The lowest BCUT2D eigenvalue weighted by atomic mass is 10.2. The molecule has 0 saturated carbocycles. The average molecular weight is 375 g/mol. The maximum atomic E-state index is 13.1. The van der Waals surface area contributed by atoms with Gasteiger partial charge < -0.3 is 9.84 Å².